The number of carbonyl (C=O) groups is 2. The van der Waals surface area contributed by atoms with Gasteiger partial charge in [-0.1, -0.05) is 30.3 Å². The summed E-state index contributed by atoms with van der Waals surface area (Å²) in [6.07, 6.45) is 7.86. The number of amides is 2. The van der Waals surface area contributed by atoms with E-state index < -0.39 is 5.25 Å². The topological polar surface area (TPSA) is 57.6 Å². The van der Waals surface area contributed by atoms with Crippen LogP contribution in [0.2, 0.25) is 0 Å². The summed E-state index contributed by atoms with van der Waals surface area (Å²) in [6, 6.07) is 18.6. The van der Waals surface area contributed by atoms with Crippen LogP contribution in [0.15, 0.2) is 54.6 Å². The number of hydrogen-bond acceptors (Lipinski definition) is 4. The van der Waals surface area contributed by atoms with Crippen LogP contribution in [0.4, 0.5) is 4.79 Å². The van der Waals surface area contributed by atoms with Crippen molar-refractivity contribution >= 4 is 33.7 Å². The monoisotopic (exact) mass is 483 g/mol. The number of likely N-dealkylation sites (N-methyl/N-ethyl adjacent to an activating group) is 1. The SMILES string of the molecule is CN1C(=O)SC(c2ccc3cc(-c4ccc(O)c(C56CC7CC(CC(C7)C5)C6)c4)ccc3c2)C1=O. The molecule has 4 bridgehead atoms. The van der Waals surface area contributed by atoms with Crippen LogP contribution in [0.3, 0.4) is 0 Å². The minimum atomic E-state index is -0.462. The third kappa shape index (κ3) is 3.35. The van der Waals surface area contributed by atoms with E-state index in [1.54, 1.807) is 7.05 Å². The van der Waals surface area contributed by atoms with E-state index in [1.165, 1.54) is 43.4 Å². The molecule has 5 aliphatic rings. The molecule has 4 aliphatic carbocycles. The van der Waals surface area contributed by atoms with Crippen molar-refractivity contribution in [2.45, 2.75) is 49.2 Å². The van der Waals surface area contributed by atoms with E-state index in [1.807, 2.05) is 30.3 Å². The lowest BCUT2D eigenvalue weighted by atomic mass is 9.48. The van der Waals surface area contributed by atoms with E-state index in [2.05, 4.69) is 24.3 Å². The third-order valence-electron chi connectivity index (χ3n) is 9.15. The minimum Gasteiger partial charge on any atom is -0.508 e. The van der Waals surface area contributed by atoms with E-state index in [0.717, 1.165) is 62.5 Å². The van der Waals surface area contributed by atoms with Crippen molar-refractivity contribution < 1.29 is 14.7 Å². The molecule has 1 aliphatic heterocycles. The number of rotatable bonds is 3. The fourth-order valence-electron chi connectivity index (χ4n) is 7.89. The van der Waals surface area contributed by atoms with Crippen LogP contribution in [-0.2, 0) is 10.2 Å². The zero-order chi connectivity index (χ0) is 23.9. The molecule has 3 aromatic rings. The Balaban J connectivity index is 1.23. The van der Waals surface area contributed by atoms with Crippen LogP contribution in [-0.4, -0.2) is 28.2 Å². The van der Waals surface area contributed by atoms with E-state index in [-0.39, 0.29) is 16.6 Å². The first-order chi connectivity index (χ1) is 16.9. The molecule has 1 heterocycles. The molecule has 0 radical (unpaired) electrons. The Bertz CT molecular complexity index is 1360. The number of hydrogen-bond donors (Lipinski definition) is 1. The Morgan fingerprint density at radius 3 is 2.09 bits per heavy atom. The van der Waals surface area contributed by atoms with Crippen LogP contribution in [0.5, 0.6) is 5.75 Å². The fraction of sp³-hybridized carbons (Fsp3) is 0.400. The number of benzene rings is 3. The average molecular weight is 484 g/mol. The number of nitrogens with zero attached hydrogens (tertiary/aromatic N) is 1. The van der Waals surface area contributed by atoms with Crippen molar-refractivity contribution in [1.82, 2.24) is 4.90 Å². The molecule has 4 nitrogen and oxygen atoms in total. The molecule has 35 heavy (non-hydrogen) atoms. The van der Waals surface area contributed by atoms with Gasteiger partial charge in [-0.25, -0.2) is 0 Å². The van der Waals surface area contributed by atoms with E-state index in [4.69, 9.17) is 0 Å². The number of phenolic OH excluding ortho intramolecular Hbond substituents is 1. The lowest BCUT2D eigenvalue weighted by Crippen LogP contribution is -2.48. The van der Waals surface area contributed by atoms with Crippen molar-refractivity contribution in [3.8, 4) is 16.9 Å². The first kappa shape index (κ1) is 21.5. The number of aromatic hydroxyl groups is 1. The summed E-state index contributed by atoms with van der Waals surface area (Å²) in [7, 11) is 1.54. The van der Waals surface area contributed by atoms with Crippen LogP contribution >= 0.6 is 11.8 Å². The second-order valence-corrected chi connectivity index (χ2v) is 12.5. The molecule has 0 spiro atoms. The van der Waals surface area contributed by atoms with Crippen molar-refractivity contribution in [1.29, 1.82) is 0 Å². The molecular formula is C30H29NO3S. The molecule has 1 atom stereocenters. The smallest absolute Gasteiger partial charge is 0.289 e. The maximum atomic E-state index is 12.4. The van der Waals surface area contributed by atoms with E-state index in [0.29, 0.717) is 5.75 Å². The second kappa shape index (κ2) is 7.60. The zero-order valence-electron chi connectivity index (χ0n) is 19.9. The van der Waals surface area contributed by atoms with Gasteiger partial charge in [-0.15, -0.1) is 0 Å². The van der Waals surface area contributed by atoms with Crippen molar-refractivity contribution in [2.24, 2.45) is 17.8 Å². The van der Waals surface area contributed by atoms with Crippen molar-refractivity contribution in [2.75, 3.05) is 7.05 Å². The number of imide groups is 1. The molecule has 0 aromatic heterocycles. The van der Waals surface area contributed by atoms with Gasteiger partial charge in [0.05, 0.1) is 0 Å². The summed E-state index contributed by atoms with van der Waals surface area (Å²) in [5.74, 6) is 2.80. The maximum absolute atomic E-state index is 12.4. The first-order valence-corrected chi connectivity index (χ1v) is 13.6. The molecule has 1 N–H and O–H groups in total. The van der Waals surface area contributed by atoms with Gasteiger partial charge in [-0.2, -0.15) is 0 Å². The Morgan fingerprint density at radius 1 is 0.829 bits per heavy atom. The summed E-state index contributed by atoms with van der Waals surface area (Å²) in [5.41, 5.74) is 4.46. The molecule has 3 aromatic carbocycles. The molecule has 5 heteroatoms. The zero-order valence-corrected chi connectivity index (χ0v) is 20.7. The molecule has 8 rings (SSSR count). The van der Waals surface area contributed by atoms with Gasteiger partial charge in [0, 0.05) is 12.6 Å². The van der Waals surface area contributed by atoms with E-state index in [9.17, 15) is 14.7 Å². The highest BCUT2D eigenvalue weighted by Gasteiger charge is 2.52. The van der Waals surface area contributed by atoms with Crippen LogP contribution in [0.25, 0.3) is 21.9 Å². The van der Waals surface area contributed by atoms with Gasteiger partial charge in [0.2, 0.25) is 5.91 Å². The lowest BCUT2D eigenvalue weighted by Gasteiger charge is -2.57. The summed E-state index contributed by atoms with van der Waals surface area (Å²) in [6.45, 7) is 0. The fourth-order valence-corrected chi connectivity index (χ4v) is 8.89. The number of carbonyl (C=O) groups excluding carboxylic acids is 2. The summed E-state index contributed by atoms with van der Waals surface area (Å²) in [4.78, 5) is 25.6. The predicted molar refractivity (Wildman–Crippen MR) is 139 cm³/mol. The van der Waals surface area contributed by atoms with Gasteiger partial charge in [-0.05, 0) is 125 Å². The minimum absolute atomic E-state index is 0.149. The summed E-state index contributed by atoms with van der Waals surface area (Å²) in [5, 5.41) is 12.5. The second-order valence-electron chi connectivity index (χ2n) is 11.4. The summed E-state index contributed by atoms with van der Waals surface area (Å²) < 4.78 is 0. The molecule has 1 unspecified atom stereocenters. The molecule has 5 fully saturated rings. The average Bonchev–Trinajstić information content (AvgIpc) is 3.10. The molecule has 4 saturated carbocycles. The molecule has 2 amide bonds. The Morgan fingerprint density at radius 2 is 1.43 bits per heavy atom. The number of fused-ring (bicyclic) bond motifs is 1. The largest absolute Gasteiger partial charge is 0.508 e. The van der Waals surface area contributed by atoms with Gasteiger partial charge in [0.15, 0.2) is 0 Å². The Hall–Kier alpha value is -2.79. The molecular weight excluding hydrogens is 454 g/mol. The van der Waals surface area contributed by atoms with Gasteiger partial charge in [-0.3, -0.25) is 14.5 Å². The third-order valence-corrected chi connectivity index (χ3v) is 10.3. The standard InChI is InChI=1S/C30H29NO3S/c1-31-28(33)27(35-29(31)34)24-5-4-20-11-21(2-3-22(20)12-24)23-6-7-26(32)25(13-23)30-14-17-8-18(15-30)10-19(9-17)16-30/h2-7,11-13,17-19,27,32H,8-10,14-16H2,1H3. The number of phenols is 1. The van der Waals surface area contributed by atoms with Crippen molar-refractivity contribution in [3.63, 3.8) is 0 Å². The highest BCUT2D eigenvalue weighted by atomic mass is 32.2. The Labute approximate surface area is 209 Å². The Kier molecular flexibility index (Phi) is 4.67. The highest BCUT2D eigenvalue weighted by molar-refractivity contribution is 8.14. The van der Waals surface area contributed by atoms with Gasteiger partial charge < -0.3 is 5.11 Å². The lowest BCUT2D eigenvalue weighted by molar-refractivity contribution is -0.125. The van der Waals surface area contributed by atoms with E-state index >= 15 is 0 Å². The van der Waals surface area contributed by atoms with Gasteiger partial charge in [0.25, 0.3) is 5.24 Å². The first-order valence-electron chi connectivity index (χ1n) is 12.7. The van der Waals surface area contributed by atoms with Gasteiger partial charge >= 0.3 is 0 Å². The number of thioether (sulfide) groups is 1. The quantitative estimate of drug-likeness (QED) is 0.434. The molecule has 178 valence electrons. The normalized spacial score (nSPS) is 31.6. The maximum Gasteiger partial charge on any atom is 0.289 e. The van der Waals surface area contributed by atoms with Crippen LogP contribution < -0.4 is 0 Å². The van der Waals surface area contributed by atoms with Crippen LogP contribution in [0.1, 0.15) is 54.9 Å². The predicted octanol–water partition coefficient (Wildman–Crippen LogP) is 7.05. The highest BCUT2D eigenvalue weighted by Crippen LogP contribution is 2.62. The van der Waals surface area contributed by atoms with Gasteiger partial charge in [0.1, 0.15) is 11.0 Å². The van der Waals surface area contributed by atoms with Crippen LogP contribution in [0, 0.1) is 17.8 Å². The molecule has 1 saturated heterocycles. The van der Waals surface area contributed by atoms with Crippen molar-refractivity contribution in [3.05, 3.63) is 65.7 Å². The summed E-state index contributed by atoms with van der Waals surface area (Å²) >= 11 is 1.08.